The summed E-state index contributed by atoms with van der Waals surface area (Å²) in [6, 6.07) is 0. The molecule has 0 fully saturated rings. The highest BCUT2D eigenvalue weighted by Crippen LogP contribution is 2.36. The summed E-state index contributed by atoms with van der Waals surface area (Å²) in [5.41, 5.74) is 0. The van der Waals surface area contributed by atoms with Gasteiger partial charge in [0.2, 0.25) is 6.10 Å². The Morgan fingerprint density at radius 2 is 1.47 bits per heavy atom. The van der Waals surface area contributed by atoms with Crippen molar-refractivity contribution in [2.24, 2.45) is 0 Å². The smallest absolute Gasteiger partial charge is 0.357 e. The third-order valence-corrected chi connectivity index (χ3v) is 1.45. The van der Waals surface area contributed by atoms with E-state index in [1.807, 2.05) is 0 Å². The molecule has 0 rings (SSSR count). The van der Waals surface area contributed by atoms with Crippen LogP contribution in [0.2, 0.25) is 0 Å². The molecule has 0 bridgehead atoms. The molecule has 0 aromatic carbocycles. The standard InChI is InChI=1S/C7H11F6NO/c1-4(3-14-2)15-5(6(8,9)10)7(11,12)13/h4-5,14H,3H2,1-2H3. The van der Waals surface area contributed by atoms with Crippen LogP contribution in [-0.2, 0) is 4.74 Å². The first-order chi connectivity index (χ1) is 6.59. The first-order valence-electron chi connectivity index (χ1n) is 4.02. The van der Waals surface area contributed by atoms with Gasteiger partial charge < -0.3 is 10.1 Å². The normalized spacial score (nSPS) is 15.8. The minimum absolute atomic E-state index is 0.0946. The topological polar surface area (TPSA) is 21.3 Å². The molecular formula is C7H11F6NO. The fourth-order valence-electron chi connectivity index (χ4n) is 0.908. The van der Waals surface area contributed by atoms with Gasteiger partial charge in [0.15, 0.2) is 0 Å². The SMILES string of the molecule is CNCC(C)OC(C(F)(F)F)C(F)(F)F. The summed E-state index contributed by atoms with van der Waals surface area (Å²) in [6.45, 7) is 1.03. The Morgan fingerprint density at radius 1 is 1.07 bits per heavy atom. The second-order valence-electron chi connectivity index (χ2n) is 2.97. The molecule has 0 saturated carbocycles. The van der Waals surface area contributed by atoms with E-state index >= 15 is 0 Å². The fraction of sp³-hybridized carbons (Fsp3) is 1.00. The fourth-order valence-corrected chi connectivity index (χ4v) is 0.908. The van der Waals surface area contributed by atoms with E-state index < -0.39 is 24.6 Å². The molecule has 1 N–H and O–H groups in total. The number of alkyl halides is 6. The lowest BCUT2D eigenvalue weighted by atomic mass is 10.3. The van der Waals surface area contributed by atoms with E-state index in [9.17, 15) is 26.3 Å². The van der Waals surface area contributed by atoms with Gasteiger partial charge in [-0.3, -0.25) is 0 Å². The minimum atomic E-state index is -5.44. The Hall–Kier alpha value is -0.500. The van der Waals surface area contributed by atoms with Crippen molar-refractivity contribution >= 4 is 0 Å². The van der Waals surface area contributed by atoms with Gasteiger partial charge in [0.1, 0.15) is 0 Å². The molecule has 0 aliphatic carbocycles. The van der Waals surface area contributed by atoms with Gasteiger partial charge in [-0.15, -0.1) is 0 Å². The Bertz CT molecular complexity index is 175. The average Bonchev–Trinajstić information content (AvgIpc) is 1.96. The zero-order valence-electron chi connectivity index (χ0n) is 8.04. The molecule has 0 amide bonds. The van der Waals surface area contributed by atoms with Crippen LogP contribution in [0.3, 0.4) is 0 Å². The van der Waals surface area contributed by atoms with E-state index in [0.717, 1.165) is 6.92 Å². The number of ether oxygens (including phenoxy) is 1. The molecule has 2 nitrogen and oxygen atoms in total. The van der Waals surface area contributed by atoms with Gasteiger partial charge in [-0.2, -0.15) is 26.3 Å². The van der Waals surface area contributed by atoms with Crippen molar-refractivity contribution in [3.8, 4) is 0 Å². The van der Waals surface area contributed by atoms with Gasteiger partial charge in [0, 0.05) is 6.54 Å². The Morgan fingerprint density at radius 3 is 1.73 bits per heavy atom. The molecule has 8 heteroatoms. The molecule has 0 spiro atoms. The summed E-state index contributed by atoms with van der Waals surface area (Å²) in [6.07, 6.45) is -15.8. The lowest BCUT2D eigenvalue weighted by molar-refractivity contribution is -0.329. The molecule has 0 radical (unpaired) electrons. The van der Waals surface area contributed by atoms with Crippen LogP contribution in [-0.4, -0.2) is 38.2 Å². The lowest BCUT2D eigenvalue weighted by Crippen LogP contribution is -2.47. The summed E-state index contributed by atoms with van der Waals surface area (Å²) >= 11 is 0. The molecule has 0 aliphatic rings. The predicted octanol–water partition coefficient (Wildman–Crippen LogP) is 2.10. The quantitative estimate of drug-likeness (QED) is 0.758. The Balaban J connectivity index is 4.54. The number of nitrogens with one attached hydrogen (secondary N) is 1. The highest BCUT2D eigenvalue weighted by atomic mass is 19.4. The summed E-state index contributed by atoms with van der Waals surface area (Å²) in [4.78, 5) is 0. The molecule has 15 heavy (non-hydrogen) atoms. The van der Waals surface area contributed by atoms with Crippen LogP contribution in [0.5, 0.6) is 0 Å². The van der Waals surface area contributed by atoms with E-state index in [1.165, 1.54) is 7.05 Å². The minimum Gasteiger partial charge on any atom is -0.357 e. The monoisotopic (exact) mass is 239 g/mol. The van der Waals surface area contributed by atoms with Crippen molar-refractivity contribution in [3.63, 3.8) is 0 Å². The first kappa shape index (κ1) is 14.5. The van der Waals surface area contributed by atoms with E-state index in [-0.39, 0.29) is 6.54 Å². The van der Waals surface area contributed by atoms with Gasteiger partial charge in [0.05, 0.1) is 6.10 Å². The van der Waals surface area contributed by atoms with Crippen molar-refractivity contribution in [2.45, 2.75) is 31.5 Å². The maximum atomic E-state index is 12.0. The lowest BCUT2D eigenvalue weighted by Gasteiger charge is -2.26. The highest BCUT2D eigenvalue weighted by Gasteiger charge is 2.58. The zero-order chi connectivity index (χ0) is 12.3. The van der Waals surface area contributed by atoms with Gasteiger partial charge in [0.25, 0.3) is 0 Å². The second-order valence-corrected chi connectivity index (χ2v) is 2.97. The summed E-state index contributed by atoms with van der Waals surface area (Å²) in [7, 11) is 1.40. The average molecular weight is 239 g/mol. The van der Waals surface area contributed by atoms with Crippen molar-refractivity contribution in [3.05, 3.63) is 0 Å². The number of halogens is 6. The number of hydrogen-bond acceptors (Lipinski definition) is 2. The molecule has 0 aromatic heterocycles. The van der Waals surface area contributed by atoms with Crippen LogP contribution >= 0.6 is 0 Å². The molecule has 0 heterocycles. The van der Waals surface area contributed by atoms with E-state index in [2.05, 4.69) is 10.1 Å². The van der Waals surface area contributed by atoms with Gasteiger partial charge in [-0.1, -0.05) is 0 Å². The van der Waals surface area contributed by atoms with Gasteiger partial charge >= 0.3 is 12.4 Å². The Kier molecular flexibility index (Phi) is 4.85. The third kappa shape index (κ3) is 5.22. The van der Waals surface area contributed by atoms with Crippen LogP contribution in [0.25, 0.3) is 0 Å². The highest BCUT2D eigenvalue weighted by molar-refractivity contribution is 4.77. The van der Waals surface area contributed by atoms with E-state index in [0.29, 0.717) is 0 Å². The van der Waals surface area contributed by atoms with Crippen molar-refractivity contribution in [1.29, 1.82) is 0 Å². The second kappa shape index (κ2) is 5.02. The van der Waals surface area contributed by atoms with Crippen molar-refractivity contribution in [2.75, 3.05) is 13.6 Å². The number of hydrogen-bond donors (Lipinski definition) is 1. The molecule has 0 saturated heterocycles. The maximum Gasteiger partial charge on any atom is 0.423 e. The van der Waals surface area contributed by atoms with Gasteiger partial charge in [-0.25, -0.2) is 0 Å². The first-order valence-corrected chi connectivity index (χ1v) is 4.02. The van der Waals surface area contributed by atoms with Crippen LogP contribution in [0.4, 0.5) is 26.3 Å². The third-order valence-electron chi connectivity index (χ3n) is 1.45. The molecule has 1 atom stereocenters. The summed E-state index contributed by atoms with van der Waals surface area (Å²) in [5, 5.41) is 2.42. The van der Waals surface area contributed by atoms with Crippen molar-refractivity contribution in [1.82, 2.24) is 5.32 Å². The molecular weight excluding hydrogens is 228 g/mol. The van der Waals surface area contributed by atoms with E-state index in [1.54, 1.807) is 0 Å². The van der Waals surface area contributed by atoms with E-state index in [4.69, 9.17) is 0 Å². The predicted molar refractivity (Wildman–Crippen MR) is 40.4 cm³/mol. The van der Waals surface area contributed by atoms with Crippen LogP contribution in [0, 0.1) is 0 Å². The number of rotatable bonds is 4. The van der Waals surface area contributed by atoms with Crippen molar-refractivity contribution < 1.29 is 31.1 Å². The zero-order valence-corrected chi connectivity index (χ0v) is 8.04. The Labute approximate surface area is 82.6 Å². The molecule has 0 aromatic rings. The van der Waals surface area contributed by atoms with Crippen LogP contribution in [0.15, 0.2) is 0 Å². The van der Waals surface area contributed by atoms with Crippen LogP contribution in [0.1, 0.15) is 6.92 Å². The van der Waals surface area contributed by atoms with Gasteiger partial charge in [-0.05, 0) is 14.0 Å². The van der Waals surface area contributed by atoms with Crippen LogP contribution < -0.4 is 5.32 Å². The summed E-state index contributed by atoms with van der Waals surface area (Å²) < 4.78 is 75.6. The number of likely N-dealkylation sites (N-methyl/N-ethyl adjacent to an activating group) is 1. The maximum absolute atomic E-state index is 12.0. The molecule has 1 unspecified atom stereocenters. The summed E-state index contributed by atoms with van der Waals surface area (Å²) in [5.74, 6) is 0. The largest absolute Gasteiger partial charge is 0.423 e. The molecule has 92 valence electrons. The molecule has 0 aliphatic heterocycles.